The van der Waals surface area contributed by atoms with Crippen molar-refractivity contribution in [2.24, 2.45) is 0 Å². The number of aliphatic carboxylic acids is 1. The lowest BCUT2D eigenvalue weighted by Gasteiger charge is -2.32. The molecule has 6 nitrogen and oxygen atoms in total. The molecule has 1 aromatic carbocycles. The Kier molecular flexibility index (Phi) is 7.09. The molecule has 1 unspecified atom stereocenters. The van der Waals surface area contributed by atoms with E-state index < -0.39 is 23.3 Å². The van der Waals surface area contributed by atoms with E-state index in [0.717, 1.165) is 31.5 Å². The fraction of sp³-hybridized carbons (Fsp3) is 0.474. The lowest BCUT2D eigenvalue weighted by Crippen LogP contribution is -2.39. The normalized spacial score (nSPS) is 18.0. The first kappa shape index (κ1) is 21.5. The summed E-state index contributed by atoms with van der Waals surface area (Å²) in [7, 11) is 0. The van der Waals surface area contributed by atoms with E-state index in [2.05, 4.69) is 9.88 Å². The van der Waals surface area contributed by atoms with Gasteiger partial charge in [0.15, 0.2) is 11.6 Å². The van der Waals surface area contributed by atoms with E-state index in [9.17, 15) is 18.0 Å². The van der Waals surface area contributed by atoms with Gasteiger partial charge < -0.3 is 14.6 Å². The third-order valence-electron chi connectivity index (χ3n) is 4.47. The van der Waals surface area contributed by atoms with Crippen molar-refractivity contribution in [2.75, 3.05) is 32.8 Å². The van der Waals surface area contributed by atoms with Gasteiger partial charge in [0.05, 0.1) is 12.3 Å². The number of benzene rings is 1. The smallest absolute Gasteiger partial charge is 0.443 e. The third kappa shape index (κ3) is 6.41. The summed E-state index contributed by atoms with van der Waals surface area (Å²) < 4.78 is 48.9. The molecule has 0 radical (unpaired) electrons. The van der Waals surface area contributed by atoms with Crippen molar-refractivity contribution in [3.8, 4) is 5.75 Å². The molecule has 2 aromatic rings. The van der Waals surface area contributed by atoms with E-state index in [1.54, 1.807) is 12.1 Å². The quantitative estimate of drug-likeness (QED) is 0.690. The van der Waals surface area contributed by atoms with Crippen LogP contribution < -0.4 is 4.74 Å². The molecule has 10 heteroatoms. The maximum Gasteiger partial charge on any atom is 0.443 e. The molecule has 1 N–H and O–H groups in total. The van der Waals surface area contributed by atoms with E-state index in [1.807, 2.05) is 12.1 Å². The number of hydrogen-bond donors (Lipinski definition) is 1. The highest BCUT2D eigenvalue weighted by Gasteiger charge is 2.36. The second kappa shape index (κ2) is 9.55. The van der Waals surface area contributed by atoms with Gasteiger partial charge in [-0.3, -0.25) is 4.90 Å². The van der Waals surface area contributed by atoms with Gasteiger partial charge in [-0.15, -0.1) is 11.3 Å². The average molecular weight is 430 g/mol. The first-order chi connectivity index (χ1) is 13.8. The summed E-state index contributed by atoms with van der Waals surface area (Å²) >= 11 is 0.595. The number of nitrogens with zero attached hydrogens (tertiary/aromatic N) is 2. The minimum absolute atomic E-state index is 0.337. The summed E-state index contributed by atoms with van der Waals surface area (Å²) in [5.41, 5.74) is 1.44. The van der Waals surface area contributed by atoms with Crippen LogP contribution in [0.3, 0.4) is 0 Å². The molecule has 1 fully saturated rings. The number of morpholine rings is 1. The van der Waals surface area contributed by atoms with Crippen LogP contribution in [-0.4, -0.2) is 53.8 Å². The first-order valence-corrected chi connectivity index (χ1v) is 9.99. The van der Waals surface area contributed by atoms with Crippen LogP contribution in [-0.2, 0) is 22.1 Å². The predicted molar refractivity (Wildman–Crippen MR) is 100 cm³/mol. The van der Waals surface area contributed by atoms with Crippen LogP contribution in [0.15, 0.2) is 29.6 Å². The number of halogens is 3. The maximum atomic E-state index is 12.7. The van der Waals surface area contributed by atoms with Gasteiger partial charge in [0.2, 0.25) is 0 Å². The van der Waals surface area contributed by atoms with Crippen molar-refractivity contribution in [1.82, 2.24) is 9.88 Å². The Morgan fingerprint density at radius 3 is 2.76 bits per heavy atom. The number of alkyl halides is 3. The van der Waals surface area contributed by atoms with Crippen molar-refractivity contribution in [3.63, 3.8) is 0 Å². The number of rotatable bonds is 8. The molecular weight excluding hydrogens is 409 g/mol. The number of thiazole rings is 1. The average Bonchev–Trinajstić information content (AvgIpc) is 3.18. The number of carboxylic acids is 1. The molecule has 3 rings (SSSR count). The van der Waals surface area contributed by atoms with E-state index in [1.165, 1.54) is 5.38 Å². The summed E-state index contributed by atoms with van der Waals surface area (Å²) in [4.78, 5) is 16.4. The van der Waals surface area contributed by atoms with Crippen LogP contribution >= 0.6 is 11.3 Å². The zero-order valence-corrected chi connectivity index (χ0v) is 16.3. The number of hydrogen-bond acceptors (Lipinski definition) is 6. The van der Waals surface area contributed by atoms with Gasteiger partial charge in [-0.05, 0) is 37.1 Å². The van der Waals surface area contributed by atoms with Crippen molar-refractivity contribution in [2.45, 2.75) is 25.1 Å². The third-order valence-corrected chi connectivity index (χ3v) is 5.38. The topological polar surface area (TPSA) is 71.9 Å². The molecule has 1 aliphatic rings. The molecule has 1 aliphatic heterocycles. The van der Waals surface area contributed by atoms with Gasteiger partial charge >= 0.3 is 12.1 Å². The summed E-state index contributed by atoms with van der Waals surface area (Å²) in [6, 6.07) is 7.27. The van der Waals surface area contributed by atoms with Gasteiger partial charge in [0, 0.05) is 18.5 Å². The van der Waals surface area contributed by atoms with Crippen molar-refractivity contribution < 1.29 is 32.5 Å². The maximum absolute atomic E-state index is 12.7. The number of aryl methyl sites for hydroxylation is 1. The van der Waals surface area contributed by atoms with E-state index in [4.69, 9.17) is 14.6 Å². The molecule has 1 aromatic heterocycles. The van der Waals surface area contributed by atoms with Crippen LogP contribution in [0, 0.1) is 0 Å². The summed E-state index contributed by atoms with van der Waals surface area (Å²) in [6.45, 7) is 2.13. The number of carboxylic acid groups (broad SMARTS) is 1. The molecule has 0 spiro atoms. The molecule has 158 valence electrons. The minimum atomic E-state index is -4.43. The Morgan fingerprint density at radius 2 is 2.10 bits per heavy atom. The highest BCUT2D eigenvalue weighted by atomic mass is 32.1. The Labute approximate surface area is 169 Å². The molecule has 1 atom stereocenters. The SMILES string of the molecule is O=C(O)COc1ccc(CCCN2CCOC(c3csc(C(F)(F)F)n3)C2)cc1. The van der Waals surface area contributed by atoms with Crippen molar-refractivity contribution in [3.05, 3.63) is 45.9 Å². The van der Waals surface area contributed by atoms with Crippen LogP contribution in [0.5, 0.6) is 5.75 Å². The fourth-order valence-electron chi connectivity index (χ4n) is 3.05. The van der Waals surface area contributed by atoms with Gasteiger partial charge in [0.25, 0.3) is 0 Å². The van der Waals surface area contributed by atoms with Crippen molar-refractivity contribution >= 4 is 17.3 Å². The molecule has 0 bridgehead atoms. The first-order valence-electron chi connectivity index (χ1n) is 9.11. The number of aromatic nitrogens is 1. The molecule has 2 heterocycles. The standard InChI is InChI=1S/C19H21F3N2O4S/c20-19(21,22)18-23-15(12-29-18)16-10-24(8-9-27-16)7-1-2-13-3-5-14(6-4-13)28-11-17(25)26/h3-6,12,16H,1-2,7-11H2,(H,25,26). The summed E-state index contributed by atoms with van der Waals surface area (Å²) in [6.07, 6.45) is -3.16. The molecule has 0 amide bonds. The van der Waals surface area contributed by atoms with Crippen LogP contribution in [0.2, 0.25) is 0 Å². The fourth-order valence-corrected chi connectivity index (χ4v) is 3.78. The predicted octanol–water partition coefficient (Wildman–Crippen LogP) is 3.63. The van der Waals surface area contributed by atoms with Gasteiger partial charge in [-0.2, -0.15) is 13.2 Å². The molecule has 0 aliphatic carbocycles. The Morgan fingerprint density at radius 1 is 1.34 bits per heavy atom. The molecule has 29 heavy (non-hydrogen) atoms. The highest BCUT2D eigenvalue weighted by molar-refractivity contribution is 7.09. The van der Waals surface area contributed by atoms with Crippen LogP contribution in [0.4, 0.5) is 13.2 Å². The van der Waals surface area contributed by atoms with E-state index >= 15 is 0 Å². The summed E-state index contributed by atoms with van der Waals surface area (Å²) in [5.74, 6) is -0.515. The van der Waals surface area contributed by atoms with Crippen molar-refractivity contribution in [1.29, 1.82) is 0 Å². The minimum Gasteiger partial charge on any atom is -0.482 e. The largest absolute Gasteiger partial charge is 0.482 e. The zero-order chi connectivity index (χ0) is 20.9. The van der Waals surface area contributed by atoms with E-state index in [0.29, 0.717) is 35.9 Å². The van der Waals surface area contributed by atoms with Gasteiger partial charge in [0.1, 0.15) is 11.9 Å². The van der Waals surface area contributed by atoms with Gasteiger partial charge in [-0.25, -0.2) is 9.78 Å². The van der Waals surface area contributed by atoms with Crippen LogP contribution in [0.25, 0.3) is 0 Å². The highest BCUT2D eigenvalue weighted by Crippen LogP contribution is 2.34. The van der Waals surface area contributed by atoms with E-state index in [-0.39, 0.29) is 6.61 Å². The van der Waals surface area contributed by atoms with Gasteiger partial charge in [-0.1, -0.05) is 12.1 Å². The molecule has 0 saturated carbocycles. The Bertz CT molecular complexity index is 811. The second-order valence-electron chi connectivity index (χ2n) is 6.67. The molecular formula is C19H21F3N2O4S. The summed E-state index contributed by atoms with van der Waals surface area (Å²) in [5, 5.41) is 9.18. The zero-order valence-electron chi connectivity index (χ0n) is 15.5. The Balaban J connectivity index is 1.45. The number of ether oxygens (including phenoxy) is 2. The Hall–Kier alpha value is -2.17. The molecule has 1 saturated heterocycles. The lowest BCUT2D eigenvalue weighted by molar-refractivity contribution is -0.139. The van der Waals surface area contributed by atoms with Crippen LogP contribution in [0.1, 0.15) is 28.8 Å². The monoisotopic (exact) mass is 430 g/mol. The number of carbonyl (C=O) groups is 1. The lowest BCUT2D eigenvalue weighted by atomic mass is 10.1. The second-order valence-corrected chi connectivity index (χ2v) is 7.52.